The molecule has 0 unspecified atom stereocenters. The number of hydrogen-bond acceptors (Lipinski definition) is 2. The first-order valence-corrected chi connectivity index (χ1v) is 7.33. The maximum absolute atomic E-state index is 9.26. The molecule has 0 heterocycles. The summed E-state index contributed by atoms with van der Waals surface area (Å²) in [5.41, 5.74) is 4.02. The van der Waals surface area contributed by atoms with Crippen LogP contribution in [-0.4, -0.2) is 5.54 Å². The third kappa shape index (κ3) is 4.36. The van der Waals surface area contributed by atoms with E-state index in [2.05, 4.69) is 49.5 Å². The summed E-state index contributed by atoms with van der Waals surface area (Å²) in [4.78, 5) is 0. The Morgan fingerprint density at radius 1 is 1.10 bits per heavy atom. The zero-order chi connectivity index (χ0) is 15.3. The number of aryl methyl sites for hydroxylation is 2. The molecule has 0 atom stereocenters. The van der Waals surface area contributed by atoms with Gasteiger partial charge in [0.1, 0.15) is 6.07 Å². The fourth-order valence-electron chi connectivity index (χ4n) is 2.39. The van der Waals surface area contributed by atoms with Crippen molar-refractivity contribution < 1.29 is 0 Å². The van der Waals surface area contributed by atoms with Crippen molar-refractivity contribution in [3.63, 3.8) is 0 Å². The van der Waals surface area contributed by atoms with Gasteiger partial charge in [-0.05, 0) is 56.9 Å². The van der Waals surface area contributed by atoms with Gasteiger partial charge >= 0.3 is 0 Å². The molecule has 2 rings (SSSR count). The topological polar surface area (TPSA) is 35.8 Å². The van der Waals surface area contributed by atoms with Crippen LogP contribution in [0, 0.1) is 18.3 Å². The Kier molecular flexibility index (Phi) is 4.65. The van der Waals surface area contributed by atoms with Crippen LogP contribution in [0.25, 0.3) is 0 Å². The Morgan fingerprint density at radius 2 is 1.81 bits per heavy atom. The zero-order valence-electron chi connectivity index (χ0n) is 13.0. The third-order valence-corrected chi connectivity index (χ3v) is 3.65. The average molecular weight is 278 g/mol. The van der Waals surface area contributed by atoms with E-state index in [1.54, 1.807) is 0 Å². The van der Waals surface area contributed by atoms with Crippen molar-refractivity contribution >= 4 is 5.69 Å². The Hall–Kier alpha value is -2.27. The molecule has 108 valence electrons. The third-order valence-electron chi connectivity index (χ3n) is 3.65. The van der Waals surface area contributed by atoms with E-state index in [-0.39, 0.29) is 5.54 Å². The second kappa shape index (κ2) is 6.45. The van der Waals surface area contributed by atoms with E-state index in [0.29, 0.717) is 5.56 Å². The average Bonchev–Trinajstić information content (AvgIpc) is 2.48. The van der Waals surface area contributed by atoms with Crippen LogP contribution in [0.15, 0.2) is 48.5 Å². The Bertz CT molecular complexity index is 636. The number of benzene rings is 2. The fraction of sp³-hybridized carbons (Fsp3) is 0.316. The Morgan fingerprint density at radius 3 is 2.48 bits per heavy atom. The first kappa shape index (κ1) is 15.1. The van der Waals surface area contributed by atoms with E-state index in [1.165, 1.54) is 5.56 Å². The molecule has 2 aromatic carbocycles. The largest absolute Gasteiger partial charge is 0.379 e. The van der Waals surface area contributed by atoms with E-state index in [1.807, 2.05) is 31.2 Å². The lowest BCUT2D eigenvalue weighted by atomic mass is 9.94. The van der Waals surface area contributed by atoms with Crippen molar-refractivity contribution in [2.45, 2.75) is 39.2 Å². The maximum Gasteiger partial charge on any atom is 0.101 e. The molecule has 1 N–H and O–H groups in total. The van der Waals surface area contributed by atoms with E-state index < -0.39 is 0 Å². The van der Waals surface area contributed by atoms with Crippen molar-refractivity contribution in [2.24, 2.45) is 0 Å². The van der Waals surface area contributed by atoms with Crippen LogP contribution in [0.5, 0.6) is 0 Å². The van der Waals surface area contributed by atoms with Gasteiger partial charge in [0, 0.05) is 5.54 Å². The molecule has 0 radical (unpaired) electrons. The predicted molar refractivity (Wildman–Crippen MR) is 88.4 cm³/mol. The molecule has 0 aliphatic carbocycles. The number of anilines is 1. The SMILES string of the molecule is Cc1ccc(NC(C)(C)CCc2ccccc2)c(C#N)c1. The van der Waals surface area contributed by atoms with Gasteiger partial charge in [0.05, 0.1) is 11.3 Å². The lowest BCUT2D eigenvalue weighted by molar-refractivity contribution is 0.518. The van der Waals surface area contributed by atoms with Crippen molar-refractivity contribution in [2.75, 3.05) is 5.32 Å². The summed E-state index contributed by atoms with van der Waals surface area (Å²) in [6, 6.07) is 18.7. The van der Waals surface area contributed by atoms with Crippen LogP contribution < -0.4 is 5.32 Å². The highest BCUT2D eigenvalue weighted by Crippen LogP contribution is 2.24. The normalized spacial score (nSPS) is 11.0. The zero-order valence-corrected chi connectivity index (χ0v) is 13.0. The van der Waals surface area contributed by atoms with Crippen LogP contribution in [0.1, 0.15) is 37.0 Å². The van der Waals surface area contributed by atoms with Crippen LogP contribution in [0.2, 0.25) is 0 Å². The first-order chi connectivity index (χ1) is 10.00. The van der Waals surface area contributed by atoms with Crippen molar-refractivity contribution in [1.29, 1.82) is 5.26 Å². The van der Waals surface area contributed by atoms with Gasteiger partial charge in [0.15, 0.2) is 0 Å². The smallest absolute Gasteiger partial charge is 0.101 e. The molecular formula is C19H22N2. The molecule has 0 fully saturated rings. The lowest BCUT2D eigenvalue weighted by Gasteiger charge is -2.28. The fourth-order valence-corrected chi connectivity index (χ4v) is 2.39. The molecule has 0 saturated carbocycles. The minimum Gasteiger partial charge on any atom is -0.379 e. The molecule has 0 saturated heterocycles. The molecule has 0 aromatic heterocycles. The lowest BCUT2D eigenvalue weighted by Crippen LogP contribution is -2.31. The van der Waals surface area contributed by atoms with E-state index >= 15 is 0 Å². The highest BCUT2D eigenvalue weighted by atomic mass is 15.0. The minimum atomic E-state index is -0.0588. The molecule has 0 aliphatic rings. The molecule has 21 heavy (non-hydrogen) atoms. The molecule has 2 aromatic rings. The summed E-state index contributed by atoms with van der Waals surface area (Å²) < 4.78 is 0. The molecule has 0 aliphatic heterocycles. The van der Waals surface area contributed by atoms with Gasteiger partial charge < -0.3 is 5.32 Å². The number of nitrogens with zero attached hydrogens (tertiary/aromatic N) is 1. The van der Waals surface area contributed by atoms with E-state index in [4.69, 9.17) is 0 Å². The first-order valence-electron chi connectivity index (χ1n) is 7.33. The molecule has 0 amide bonds. The molecule has 2 heteroatoms. The van der Waals surface area contributed by atoms with Gasteiger partial charge in [0.2, 0.25) is 0 Å². The molecular weight excluding hydrogens is 256 g/mol. The minimum absolute atomic E-state index is 0.0588. The summed E-state index contributed by atoms with van der Waals surface area (Å²) in [5.74, 6) is 0. The number of rotatable bonds is 5. The maximum atomic E-state index is 9.26. The van der Waals surface area contributed by atoms with Gasteiger partial charge in [-0.3, -0.25) is 0 Å². The summed E-state index contributed by atoms with van der Waals surface area (Å²) >= 11 is 0. The quantitative estimate of drug-likeness (QED) is 0.861. The van der Waals surface area contributed by atoms with Gasteiger partial charge in [0.25, 0.3) is 0 Å². The number of nitrogens with one attached hydrogen (secondary N) is 1. The monoisotopic (exact) mass is 278 g/mol. The van der Waals surface area contributed by atoms with Gasteiger partial charge in [-0.1, -0.05) is 36.4 Å². The molecule has 0 bridgehead atoms. The van der Waals surface area contributed by atoms with Crippen molar-refractivity contribution in [3.8, 4) is 6.07 Å². The summed E-state index contributed by atoms with van der Waals surface area (Å²) in [5, 5.41) is 12.8. The summed E-state index contributed by atoms with van der Waals surface area (Å²) in [7, 11) is 0. The number of nitriles is 1. The van der Waals surface area contributed by atoms with Crippen molar-refractivity contribution in [3.05, 3.63) is 65.2 Å². The van der Waals surface area contributed by atoms with Crippen LogP contribution in [0.4, 0.5) is 5.69 Å². The van der Waals surface area contributed by atoms with Crippen LogP contribution in [0.3, 0.4) is 0 Å². The van der Waals surface area contributed by atoms with E-state index in [9.17, 15) is 5.26 Å². The summed E-state index contributed by atoms with van der Waals surface area (Å²) in [6.07, 6.45) is 2.03. The number of hydrogen-bond donors (Lipinski definition) is 1. The van der Waals surface area contributed by atoms with Gasteiger partial charge in [-0.15, -0.1) is 0 Å². The van der Waals surface area contributed by atoms with Gasteiger partial charge in [-0.25, -0.2) is 0 Å². The van der Waals surface area contributed by atoms with Crippen LogP contribution in [-0.2, 0) is 6.42 Å². The second-order valence-electron chi connectivity index (χ2n) is 6.16. The predicted octanol–water partition coefficient (Wildman–Crippen LogP) is 4.69. The Balaban J connectivity index is 2.05. The Labute approximate surface area is 127 Å². The second-order valence-corrected chi connectivity index (χ2v) is 6.16. The van der Waals surface area contributed by atoms with Crippen molar-refractivity contribution in [1.82, 2.24) is 0 Å². The highest BCUT2D eigenvalue weighted by molar-refractivity contribution is 5.59. The molecule has 2 nitrogen and oxygen atoms in total. The van der Waals surface area contributed by atoms with Gasteiger partial charge in [-0.2, -0.15) is 5.26 Å². The molecule has 0 spiro atoms. The highest BCUT2D eigenvalue weighted by Gasteiger charge is 2.18. The van der Waals surface area contributed by atoms with E-state index in [0.717, 1.165) is 24.1 Å². The van der Waals surface area contributed by atoms with Crippen LogP contribution >= 0.6 is 0 Å². The summed E-state index contributed by atoms with van der Waals surface area (Å²) in [6.45, 7) is 6.36. The standard InChI is InChI=1S/C19H22N2/c1-15-9-10-18(17(13-15)14-20)21-19(2,3)12-11-16-7-5-4-6-8-16/h4-10,13,21H,11-12H2,1-3H3.